The number of benzene rings is 1. The maximum Gasteiger partial charge on any atom is 0.338 e. The van der Waals surface area contributed by atoms with Crippen molar-refractivity contribution in [3.63, 3.8) is 0 Å². The average molecular weight is 373 g/mol. The molecule has 1 aliphatic heterocycles. The third-order valence-corrected chi connectivity index (χ3v) is 5.88. The Bertz CT molecular complexity index is 637. The number of esters is 1. The van der Waals surface area contributed by atoms with E-state index in [1.807, 2.05) is 31.2 Å². The van der Waals surface area contributed by atoms with E-state index in [0.717, 1.165) is 45.1 Å². The van der Waals surface area contributed by atoms with Crippen LogP contribution in [0.15, 0.2) is 42.5 Å². The van der Waals surface area contributed by atoms with Gasteiger partial charge in [-0.05, 0) is 37.8 Å². The summed E-state index contributed by atoms with van der Waals surface area (Å²) in [5.41, 5.74) is -0.245. The summed E-state index contributed by atoms with van der Waals surface area (Å²) in [6.45, 7) is 4.79. The molecule has 1 aliphatic carbocycles. The van der Waals surface area contributed by atoms with Gasteiger partial charge in [0.15, 0.2) is 0 Å². The largest absolute Gasteiger partial charge is 0.458 e. The summed E-state index contributed by atoms with van der Waals surface area (Å²) in [6, 6.07) is 9.12. The highest BCUT2D eigenvalue weighted by atomic mass is 16.5. The van der Waals surface area contributed by atoms with Crippen molar-refractivity contribution in [3.8, 4) is 0 Å². The maximum atomic E-state index is 12.5. The predicted molar refractivity (Wildman–Crippen MR) is 106 cm³/mol. The van der Waals surface area contributed by atoms with Crippen LogP contribution in [0.5, 0.6) is 0 Å². The summed E-state index contributed by atoms with van der Waals surface area (Å²) < 4.78 is 11.7. The van der Waals surface area contributed by atoms with Crippen LogP contribution in [0, 0.1) is 11.8 Å². The molecule has 0 aromatic heterocycles. The fourth-order valence-electron chi connectivity index (χ4n) is 4.32. The van der Waals surface area contributed by atoms with E-state index < -0.39 is 5.60 Å². The fourth-order valence-corrected chi connectivity index (χ4v) is 4.32. The zero-order valence-corrected chi connectivity index (χ0v) is 16.5. The third kappa shape index (κ3) is 5.20. The van der Waals surface area contributed by atoms with Gasteiger partial charge in [-0.2, -0.15) is 0 Å². The van der Waals surface area contributed by atoms with Crippen molar-refractivity contribution < 1.29 is 19.4 Å². The molecular formula is C23H32O4. The van der Waals surface area contributed by atoms with Crippen LogP contribution < -0.4 is 0 Å². The van der Waals surface area contributed by atoms with Crippen molar-refractivity contribution >= 4 is 5.97 Å². The minimum atomic E-state index is -0.819. The Morgan fingerprint density at radius 3 is 2.85 bits per heavy atom. The van der Waals surface area contributed by atoms with E-state index in [9.17, 15) is 9.90 Å². The molecule has 1 aromatic carbocycles. The SMILES string of the molecule is CCCCC[C@@](C)(O)/C=C/[C@@H]1[C@H]2CCO[C@H]2C[C@H]1OC(=O)c1ccccc1. The molecule has 0 amide bonds. The number of ether oxygens (including phenoxy) is 2. The number of carbonyl (C=O) groups is 1. The molecule has 148 valence electrons. The number of rotatable bonds is 8. The number of aliphatic hydroxyl groups is 1. The lowest BCUT2D eigenvalue weighted by atomic mass is 9.89. The minimum Gasteiger partial charge on any atom is -0.458 e. The highest BCUT2D eigenvalue weighted by Crippen LogP contribution is 2.43. The van der Waals surface area contributed by atoms with Gasteiger partial charge in [-0.15, -0.1) is 0 Å². The smallest absolute Gasteiger partial charge is 0.338 e. The van der Waals surface area contributed by atoms with Gasteiger partial charge in [-0.25, -0.2) is 4.79 Å². The van der Waals surface area contributed by atoms with E-state index in [1.165, 1.54) is 0 Å². The first-order valence-electron chi connectivity index (χ1n) is 10.3. The predicted octanol–water partition coefficient (Wildman–Crippen LogP) is 4.52. The summed E-state index contributed by atoms with van der Waals surface area (Å²) in [5.74, 6) is 0.178. The van der Waals surface area contributed by atoms with Gasteiger partial charge >= 0.3 is 5.97 Å². The summed E-state index contributed by atoms with van der Waals surface area (Å²) in [5, 5.41) is 10.7. The first-order chi connectivity index (χ1) is 13.0. The second kappa shape index (κ2) is 9.03. The molecule has 1 saturated heterocycles. The van der Waals surface area contributed by atoms with Gasteiger partial charge in [0.2, 0.25) is 0 Å². The van der Waals surface area contributed by atoms with E-state index in [2.05, 4.69) is 13.0 Å². The van der Waals surface area contributed by atoms with E-state index in [-0.39, 0.29) is 24.1 Å². The van der Waals surface area contributed by atoms with Crippen molar-refractivity contribution in [1.82, 2.24) is 0 Å². The van der Waals surface area contributed by atoms with Crippen LogP contribution in [0.25, 0.3) is 0 Å². The summed E-state index contributed by atoms with van der Waals surface area (Å²) in [4.78, 5) is 12.5. The highest BCUT2D eigenvalue weighted by molar-refractivity contribution is 5.89. The molecule has 1 heterocycles. The molecule has 0 unspecified atom stereocenters. The summed E-state index contributed by atoms with van der Waals surface area (Å²) in [6.07, 6.45) is 9.70. The molecule has 0 bridgehead atoms. The van der Waals surface area contributed by atoms with Gasteiger partial charge in [-0.3, -0.25) is 0 Å². The topological polar surface area (TPSA) is 55.8 Å². The number of carbonyl (C=O) groups excluding carboxylic acids is 1. The lowest BCUT2D eigenvalue weighted by molar-refractivity contribution is 0.0175. The minimum absolute atomic E-state index is 0.0998. The first-order valence-corrected chi connectivity index (χ1v) is 10.3. The molecule has 1 N–H and O–H groups in total. The molecule has 1 aromatic rings. The number of fused-ring (bicyclic) bond motifs is 1. The molecule has 3 rings (SSSR count). The van der Waals surface area contributed by atoms with Crippen molar-refractivity contribution in [2.75, 3.05) is 6.61 Å². The van der Waals surface area contributed by atoms with Gasteiger partial charge < -0.3 is 14.6 Å². The lowest BCUT2D eigenvalue weighted by Gasteiger charge is -2.24. The van der Waals surface area contributed by atoms with Crippen LogP contribution in [0.3, 0.4) is 0 Å². The molecule has 1 saturated carbocycles. The number of hydrogen-bond donors (Lipinski definition) is 1. The standard InChI is InChI=1S/C23H32O4/c1-3-4-8-13-23(2,25)14-11-18-19-12-15-26-20(19)16-21(18)27-22(24)17-9-6-5-7-10-17/h5-7,9-11,14,18-21,25H,3-4,8,12-13,15-16H2,1-2H3/b14-11+/t18-,19-,20+,21-,23-/m1/s1. The van der Waals surface area contributed by atoms with E-state index in [1.54, 1.807) is 12.1 Å². The van der Waals surface area contributed by atoms with Crippen LogP contribution >= 0.6 is 0 Å². The average Bonchev–Trinajstić information content (AvgIpc) is 3.22. The van der Waals surface area contributed by atoms with Gasteiger partial charge in [0.25, 0.3) is 0 Å². The quantitative estimate of drug-likeness (QED) is 0.414. The van der Waals surface area contributed by atoms with Crippen LogP contribution in [0.1, 0.15) is 62.7 Å². The molecule has 4 nitrogen and oxygen atoms in total. The van der Waals surface area contributed by atoms with Gasteiger partial charge in [0.1, 0.15) is 6.10 Å². The summed E-state index contributed by atoms with van der Waals surface area (Å²) >= 11 is 0. The Morgan fingerprint density at radius 2 is 2.11 bits per heavy atom. The summed E-state index contributed by atoms with van der Waals surface area (Å²) in [7, 11) is 0. The van der Waals surface area contributed by atoms with E-state index >= 15 is 0 Å². The fraction of sp³-hybridized carbons (Fsp3) is 0.609. The Hall–Kier alpha value is -1.65. The molecule has 5 atom stereocenters. The molecule has 0 spiro atoms. The van der Waals surface area contributed by atoms with Crippen LogP contribution in [0.4, 0.5) is 0 Å². The monoisotopic (exact) mass is 372 g/mol. The Balaban J connectivity index is 1.67. The molecule has 0 radical (unpaired) electrons. The van der Waals surface area contributed by atoms with Crippen molar-refractivity contribution in [3.05, 3.63) is 48.0 Å². The third-order valence-electron chi connectivity index (χ3n) is 5.88. The zero-order valence-electron chi connectivity index (χ0n) is 16.5. The van der Waals surface area contributed by atoms with Crippen molar-refractivity contribution in [2.24, 2.45) is 11.8 Å². The van der Waals surface area contributed by atoms with Crippen LogP contribution in [-0.4, -0.2) is 35.5 Å². The molecular weight excluding hydrogens is 340 g/mol. The number of hydrogen-bond acceptors (Lipinski definition) is 4. The first kappa shape index (κ1) is 20.1. The second-order valence-electron chi connectivity index (χ2n) is 8.16. The van der Waals surface area contributed by atoms with E-state index in [4.69, 9.17) is 9.47 Å². The van der Waals surface area contributed by atoms with E-state index in [0.29, 0.717) is 11.5 Å². The molecule has 27 heavy (non-hydrogen) atoms. The Kier molecular flexibility index (Phi) is 6.72. The maximum absolute atomic E-state index is 12.5. The Labute approximate surface area is 162 Å². The molecule has 2 aliphatic rings. The van der Waals surface area contributed by atoms with Crippen molar-refractivity contribution in [2.45, 2.75) is 70.2 Å². The van der Waals surface area contributed by atoms with Crippen LogP contribution in [-0.2, 0) is 9.47 Å². The zero-order chi connectivity index (χ0) is 19.3. The number of unbranched alkanes of at least 4 members (excludes halogenated alkanes) is 2. The van der Waals surface area contributed by atoms with Crippen molar-refractivity contribution in [1.29, 1.82) is 0 Å². The van der Waals surface area contributed by atoms with Gasteiger partial charge in [0.05, 0.1) is 17.3 Å². The molecule has 4 heteroatoms. The lowest BCUT2D eigenvalue weighted by Crippen LogP contribution is -2.26. The van der Waals surface area contributed by atoms with Crippen LogP contribution in [0.2, 0.25) is 0 Å². The normalized spacial score (nSPS) is 29.6. The van der Waals surface area contributed by atoms with Gasteiger partial charge in [-0.1, -0.05) is 56.5 Å². The highest BCUT2D eigenvalue weighted by Gasteiger charge is 2.47. The molecule has 2 fully saturated rings. The second-order valence-corrected chi connectivity index (χ2v) is 8.16. The Morgan fingerprint density at radius 1 is 1.33 bits per heavy atom. The van der Waals surface area contributed by atoms with Gasteiger partial charge in [0, 0.05) is 18.9 Å².